The second-order valence-electron chi connectivity index (χ2n) is 3.94. The van der Waals surface area contributed by atoms with E-state index >= 15 is 0 Å². The summed E-state index contributed by atoms with van der Waals surface area (Å²) in [6.45, 7) is 7.56. The Bertz CT molecular complexity index is 164. The van der Waals surface area contributed by atoms with Crippen LogP contribution in [0.4, 0.5) is 0 Å². The summed E-state index contributed by atoms with van der Waals surface area (Å²) in [5, 5.41) is 2.76. The first-order valence-electron chi connectivity index (χ1n) is 5.13. The molecule has 0 saturated heterocycles. The zero-order chi connectivity index (χ0) is 11.0. The van der Waals surface area contributed by atoms with E-state index in [0.717, 1.165) is 19.4 Å². The van der Waals surface area contributed by atoms with Crippen molar-refractivity contribution in [1.29, 1.82) is 0 Å². The van der Waals surface area contributed by atoms with E-state index in [2.05, 4.69) is 12.2 Å². The molecule has 0 saturated carbocycles. The minimum Gasteiger partial charge on any atom is -0.381 e. The maximum absolute atomic E-state index is 11.3. The standard InChI is InChI=1S/C10H22N2O2/c1-4-7-14-8-5-6-12-9(13)10(2,3)11/h4-8,11H2,1-3H3,(H,12,13). The van der Waals surface area contributed by atoms with E-state index in [-0.39, 0.29) is 5.91 Å². The third-order valence-electron chi connectivity index (χ3n) is 1.68. The van der Waals surface area contributed by atoms with Crippen LogP contribution in [0.1, 0.15) is 33.6 Å². The molecule has 84 valence electrons. The van der Waals surface area contributed by atoms with Gasteiger partial charge in [-0.05, 0) is 26.7 Å². The third-order valence-corrected chi connectivity index (χ3v) is 1.68. The van der Waals surface area contributed by atoms with E-state index in [0.29, 0.717) is 13.2 Å². The summed E-state index contributed by atoms with van der Waals surface area (Å²) in [5.41, 5.74) is 4.81. The molecule has 4 heteroatoms. The molecule has 0 rings (SSSR count). The first-order valence-corrected chi connectivity index (χ1v) is 5.13. The zero-order valence-corrected chi connectivity index (χ0v) is 9.43. The molecule has 1 amide bonds. The Morgan fingerprint density at radius 3 is 2.57 bits per heavy atom. The molecule has 0 atom stereocenters. The van der Waals surface area contributed by atoms with Crippen LogP contribution in [0.25, 0.3) is 0 Å². The fourth-order valence-corrected chi connectivity index (χ4v) is 0.850. The highest BCUT2D eigenvalue weighted by Gasteiger charge is 2.20. The van der Waals surface area contributed by atoms with Gasteiger partial charge < -0.3 is 15.8 Å². The maximum Gasteiger partial charge on any atom is 0.239 e. The van der Waals surface area contributed by atoms with E-state index in [1.807, 2.05) is 0 Å². The number of nitrogens with one attached hydrogen (secondary N) is 1. The molecule has 0 unspecified atom stereocenters. The first-order chi connectivity index (χ1) is 6.48. The van der Waals surface area contributed by atoms with E-state index in [1.54, 1.807) is 13.8 Å². The van der Waals surface area contributed by atoms with Crippen LogP contribution in [0.2, 0.25) is 0 Å². The van der Waals surface area contributed by atoms with Crippen molar-refractivity contribution >= 4 is 5.91 Å². The van der Waals surface area contributed by atoms with Gasteiger partial charge in [0.05, 0.1) is 5.54 Å². The van der Waals surface area contributed by atoms with Crippen molar-refractivity contribution < 1.29 is 9.53 Å². The van der Waals surface area contributed by atoms with Crippen molar-refractivity contribution in [2.75, 3.05) is 19.8 Å². The number of carbonyl (C=O) groups is 1. The number of carbonyl (C=O) groups excluding carboxylic acids is 1. The summed E-state index contributed by atoms with van der Waals surface area (Å²) < 4.78 is 5.27. The Kier molecular flexibility index (Phi) is 6.49. The van der Waals surface area contributed by atoms with Gasteiger partial charge in [-0.15, -0.1) is 0 Å². The normalized spacial score (nSPS) is 11.4. The molecule has 4 nitrogen and oxygen atoms in total. The van der Waals surface area contributed by atoms with Crippen molar-refractivity contribution in [3.8, 4) is 0 Å². The second-order valence-corrected chi connectivity index (χ2v) is 3.94. The lowest BCUT2D eigenvalue weighted by Gasteiger charge is -2.17. The maximum atomic E-state index is 11.3. The van der Waals surface area contributed by atoms with Crippen molar-refractivity contribution in [2.24, 2.45) is 5.73 Å². The second kappa shape index (κ2) is 6.79. The molecule has 0 radical (unpaired) electrons. The number of hydrogen-bond donors (Lipinski definition) is 2. The highest BCUT2D eigenvalue weighted by Crippen LogP contribution is 1.95. The van der Waals surface area contributed by atoms with Gasteiger partial charge in [0.25, 0.3) is 0 Å². The summed E-state index contributed by atoms with van der Waals surface area (Å²) in [7, 11) is 0. The van der Waals surface area contributed by atoms with Crippen LogP contribution in [-0.4, -0.2) is 31.2 Å². The largest absolute Gasteiger partial charge is 0.381 e. The van der Waals surface area contributed by atoms with Crippen LogP contribution < -0.4 is 11.1 Å². The quantitative estimate of drug-likeness (QED) is 0.596. The molecule has 0 aliphatic carbocycles. The Hall–Kier alpha value is -0.610. The molecule has 3 N–H and O–H groups in total. The average molecular weight is 202 g/mol. The highest BCUT2D eigenvalue weighted by atomic mass is 16.5. The van der Waals surface area contributed by atoms with Gasteiger partial charge in [0, 0.05) is 19.8 Å². The molecule has 0 aliphatic heterocycles. The van der Waals surface area contributed by atoms with Gasteiger partial charge in [-0.1, -0.05) is 6.92 Å². The molecule has 0 aromatic heterocycles. The smallest absolute Gasteiger partial charge is 0.239 e. The predicted octanol–water partition coefficient (Wildman–Crippen LogP) is 0.657. The van der Waals surface area contributed by atoms with Crippen LogP contribution in [0.3, 0.4) is 0 Å². The molecule has 0 fully saturated rings. The van der Waals surface area contributed by atoms with Gasteiger partial charge in [-0.3, -0.25) is 4.79 Å². The third kappa shape index (κ3) is 6.86. The van der Waals surface area contributed by atoms with Crippen LogP contribution in [0.5, 0.6) is 0 Å². The molecule has 0 heterocycles. The minimum atomic E-state index is -0.787. The van der Waals surface area contributed by atoms with Gasteiger partial charge >= 0.3 is 0 Å². The van der Waals surface area contributed by atoms with Crippen LogP contribution in [0.15, 0.2) is 0 Å². The summed E-state index contributed by atoms with van der Waals surface area (Å²) in [6, 6.07) is 0. The minimum absolute atomic E-state index is 0.118. The molecule has 0 aromatic carbocycles. The molecule has 0 spiro atoms. The topological polar surface area (TPSA) is 64.3 Å². The first kappa shape index (κ1) is 13.4. The summed E-state index contributed by atoms with van der Waals surface area (Å²) in [4.78, 5) is 11.3. The Labute approximate surface area is 86.2 Å². The van der Waals surface area contributed by atoms with Crippen molar-refractivity contribution in [2.45, 2.75) is 39.2 Å². The van der Waals surface area contributed by atoms with Crippen LogP contribution >= 0.6 is 0 Å². The average Bonchev–Trinajstić information content (AvgIpc) is 2.09. The van der Waals surface area contributed by atoms with E-state index < -0.39 is 5.54 Å². The number of hydrogen-bond acceptors (Lipinski definition) is 3. The Morgan fingerprint density at radius 2 is 2.07 bits per heavy atom. The number of nitrogens with two attached hydrogens (primary N) is 1. The van der Waals surface area contributed by atoms with Crippen molar-refractivity contribution in [1.82, 2.24) is 5.32 Å². The summed E-state index contributed by atoms with van der Waals surface area (Å²) in [5.74, 6) is -0.118. The van der Waals surface area contributed by atoms with Crippen molar-refractivity contribution in [3.63, 3.8) is 0 Å². The van der Waals surface area contributed by atoms with E-state index in [9.17, 15) is 4.79 Å². The van der Waals surface area contributed by atoms with Gasteiger partial charge in [0.2, 0.25) is 5.91 Å². The summed E-state index contributed by atoms with van der Waals surface area (Å²) in [6.07, 6.45) is 1.87. The molecule has 0 aliphatic rings. The fourth-order valence-electron chi connectivity index (χ4n) is 0.850. The van der Waals surface area contributed by atoms with Gasteiger partial charge in [0.15, 0.2) is 0 Å². The molecular weight excluding hydrogens is 180 g/mol. The predicted molar refractivity (Wildman–Crippen MR) is 57.0 cm³/mol. The zero-order valence-electron chi connectivity index (χ0n) is 9.43. The fraction of sp³-hybridized carbons (Fsp3) is 0.900. The van der Waals surface area contributed by atoms with E-state index in [1.165, 1.54) is 0 Å². The SMILES string of the molecule is CCCOCCCNC(=O)C(C)(C)N. The van der Waals surface area contributed by atoms with Crippen molar-refractivity contribution in [3.05, 3.63) is 0 Å². The highest BCUT2D eigenvalue weighted by molar-refractivity contribution is 5.84. The molecule has 0 aromatic rings. The Balaban J connectivity index is 3.33. The lowest BCUT2D eigenvalue weighted by Crippen LogP contribution is -2.49. The monoisotopic (exact) mass is 202 g/mol. The van der Waals surface area contributed by atoms with Gasteiger partial charge in [-0.2, -0.15) is 0 Å². The molecular formula is C10H22N2O2. The number of ether oxygens (including phenoxy) is 1. The lowest BCUT2D eigenvalue weighted by atomic mass is 10.1. The number of rotatable bonds is 7. The molecule has 14 heavy (non-hydrogen) atoms. The summed E-state index contributed by atoms with van der Waals surface area (Å²) >= 11 is 0. The lowest BCUT2D eigenvalue weighted by molar-refractivity contribution is -0.125. The van der Waals surface area contributed by atoms with Gasteiger partial charge in [-0.25, -0.2) is 0 Å². The van der Waals surface area contributed by atoms with Crippen LogP contribution in [0, 0.1) is 0 Å². The molecule has 0 bridgehead atoms. The number of amides is 1. The van der Waals surface area contributed by atoms with Gasteiger partial charge in [0.1, 0.15) is 0 Å². The Morgan fingerprint density at radius 1 is 1.43 bits per heavy atom. The van der Waals surface area contributed by atoms with E-state index in [4.69, 9.17) is 10.5 Å². The van der Waals surface area contributed by atoms with Crippen LogP contribution in [-0.2, 0) is 9.53 Å².